The molecular formula is C11H12N2S. The van der Waals surface area contributed by atoms with E-state index in [0.717, 1.165) is 10.7 Å². The van der Waals surface area contributed by atoms with E-state index in [2.05, 4.69) is 41.2 Å². The van der Waals surface area contributed by atoms with Crippen LogP contribution in [0.15, 0.2) is 40.5 Å². The molecule has 0 aliphatic rings. The van der Waals surface area contributed by atoms with Gasteiger partial charge in [0, 0.05) is 10.6 Å². The van der Waals surface area contributed by atoms with E-state index in [4.69, 9.17) is 0 Å². The molecule has 0 amide bonds. The number of nitrogens with zero attached hydrogens (tertiary/aromatic N) is 1. The first-order valence-electron chi connectivity index (χ1n) is 4.50. The minimum absolute atomic E-state index is 1.05. The number of hydrogen-bond acceptors (Lipinski definition) is 2. The van der Waals surface area contributed by atoms with Gasteiger partial charge in [-0.25, -0.2) is 4.98 Å². The van der Waals surface area contributed by atoms with Crippen molar-refractivity contribution in [2.45, 2.75) is 23.8 Å². The first kappa shape index (κ1) is 9.34. The highest BCUT2D eigenvalue weighted by atomic mass is 32.2. The summed E-state index contributed by atoms with van der Waals surface area (Å²) in [6.07, 6.45) is 1.73. The lowest BCUT2D eigenvalue weighted by Crippen LogP contribution is -1.77. The van der Waals surface area contributed by atoms with Crippen LogP contribution in [0.2, 0.25) is 0 Å². The van der Waals surface area contributed by atoms with Gasteiger partial charge in [0.15, 0.2) is 0 Å². The standard InChI is InChI=1S/C11H12N2S/c1-8-3-5-10(6-4-8)14-11-9(2)12-7-13-11/h3-7H,1-2H3,(H,12,13). The predicted molar refractivity (Wildman–Crippen MR) is 58.6 cm³/mol. The van der Waals surface area contributed by atoms with Crippen LogP contribution in [0.5, 0.6) is 0 Å². The quantitative estimate of drug-likeness (QED) is 0.814. The van der Waals surface area contributed by atoms with Gasteiger partial charge in [-0.1, -0.05) is 29.5 Å². The molecule has 0 radical (unpaired) electrons. The molecule has 0 atom stereocenters. The molecule has 72 valence electrons. The van der Waals surface area contributed by atoms with E-state index in [1.54, 1.807) is 18.1 Å². The fourth-order valence-electron chi connectivity index (χ4n) is 1.17. The van der Waals surface area contributed by atoms with E-state index in [9.17, 15) is 0 Å². The van der Waals surface area contributed by atoms with E-state index in [-0.39, 0.29) is 0 Å². The summed E-state index contributed by atoms with van der Waals surface area (Å²) in [6.45, 7) is 4.12. The second kappa shape index (κ2) is 3.88. The third-order valence-corrected chi connectivity index (χ3v) is 3.13. The number of nitrogens with one attached hydrogen (secondary N) is 1. The monoisotopic (exact) mass is 204 g/mol. The normalized spacial score (nSPS) is 10.4. The molecule has 1 aromatic heterocycles. The smallest absolute Gasteiger partial charge is 0.122 e. The zero-order valence-corrected chi connectivity index (χ0v) is 9.06. The fourth-order valence-corrected chi connectivity index (χ4v) is 1.98. The van der Waals surface area contributed by atoms with E-state index >= 15 is 0 Å². The largest absolute Gasteiger partial charge is 0.348 e. The van der Waals surface area contributed by atoms with Crippen molar-refractivity contribution in [1.82, 2.24) is 9.97 Å². The van der Waals surface area contributed by atoms with Gasteiger partial charge < -0.3 is 4.98 Å². The summed E-state index contributed by atoms with van der Waals surface area (Å²) in [7, 11) is 0. The number of rotatable bonds is 2. The number of imidazole rings is 1. The molecule has 0 bridgehead atoms. The van der Waals surface area contributed by atoms with Crippen molar-refractivity contribution in [3.63, 3.8) is 0 Å². The van der Waals surface area contributed by atoms with Crippen LogP contribution in [0.1, 0.15) is 11.3 Å². The van der Waals surface area contributed by atoms with Crippen LogP contribution < -0.4 is 0 Å². The highest BCUT2D eigenvalue weighted by Gasteiger charge is 2.02. The molecule has 2 aromatic rings. The molecule has 2 rings (SSSR count). The van der Waals surface area contributed by atoms with Crippen molar-refractivity contribution >= 4 is 11.8 Å². The molecule has 1 aromatic carbocycles. The van der Waals surface area contributed by atoms with Gasteiger partial charge in [-0.2, -0.15) is 0 Å². The predicted octanol–water partition coefficient (Wildman–Crippen LogP) is 3.18. The summed E-state index contributed by atoms with van der Waals surface area (Å²) < 4.78 is 0. The Hall–Kier alpha value is -1.22. The highest BCUT2D eigenvalue weighted by Crippen LogP contribution is 2.27. The van der Waals surface area contributed by atoms with Gasteiger partial charge in [0.2, 0.25) is 0 Å². The number of aromatic nitrogens is 2. The summed E-state index contributed by atoms with van der Waals surface area (Å²) in [5.74, 6) is 0. The van der Waals surface area contributed by atoms with Crippen LogP contribution in [-0.4, -0.2) is 9.97 Å². The maximum absolute atomic E-state index is 4.24. The van der Waals surface area contributed by atoms with Crippen LogP contribution in [-0.2, 0) is 0 Å². The second-order valence-corrected chi connectivity index (χ2v) is 4.31. The van der Waals surface area contributed by atoms with Gasteiger partial charge in [-0.15, -0.1) is 0 Å². The fraction of sp³-hybridized carbons (Fsp3) is 0.182. The van der Waals surface area contributed by atoms with E-state index < -0.39 is 0 Å². The number of hydrogen-bond donors (Lipinski definition) is 1. The number of H-pyrrole nitrogens is 1. The van der Waals surface area contributed by atoms with Gasteiger partial charge in [0.25, 0.3) is 0 Å². The minimum Gasteiger partial charge on any atom is -0.348 e. The maximum atomic E-state index is 4.24. The molecule has 0 aliphatic carbocycles. The summed E-state index contributed by atoms with van der Waals surface area (Å²) in [4.78, 5) is 8.54. The van der Waals surface area contributed by atoms with Crippen LogP contribution in [0.4, 0.5) is 0 Å². The Bertz CT molecular complexity index is 417. The summed E-state index contributed by atoms with van der Waals surface area (Å²) in [6, 6.07) is 8.47. The Balaban J connectivity index is 2.19. The van der Waals surface area contributed by atoms with Gasteiger partial charge in [-0.3, -0.25) is 0 Å². The summed E-state index contributed by atoms with van der Waals surface area (Å²) >= 11 is 1.69. The van der Waals surface area contributed by atoms with Gasteiger partial charge in [0.05, 0.1) is 6.33 Å². The molecule has 2 nitrogen and oxygen atoms in total. The van der Waals surface area contributed by atoms with Crippen LogP contribution in [0.25, 0.3) is 0 Å². The van der Waals surface area contributed by atoms with Gasteiger partial charge in [0.1, 0.15) is 5.03 Å². The van der Waals surface area contributed by atoms with E-state index in [1.165, 1.54) is 10.5 Å². The molecule has 0 spiro atoms. The molecular weight excluding hydrogens is 192 g/mol. The van der Waals surface area contributed by atoms with Gasteiger partial charge >= 0.3 is 0 Å². The lowest BCUT2D eigenvalue weighted by Gasteiger charge is -1.99. The average Bonchev–Trinajstić information content (AvgIpc) is 2.56. The molecule has 0 unspecified atom stereocenters. The third kappa shape index (κ3) is 1.99. The molecule has 14 heavy (non-hydrogen) atoms. The third-order valence-electron chi connectivity index (χ3n) is 2.02. The van der Waals surface area contributed by atoms with E-state index in [1.807, 2.05) is 6.92 Å². The number of benzene rings is 1. The van der Waals surface area contributed by atoms with Crippen LogP contribution in [0.3, 0.4) is 0 Å². The molecule has 0 aliphatic heterocycles. The minimum atomic E-state index is 1.05. The first-order valence-corrected chi connectivity index (χ1v) is 5.32. The Labute approximate surface area is 87.8 Å². The highest BCUT2D eigenvalue weighted by molar-refractivity contribution is 7.99. The van der Waals surface area contributed by atoms with Crippen molar-refractivity contribution in [3.8, 4) is 0 Å². The average molecular weight is 204 g/mol. The summed E-state index contributed by atoms with van der Waals surface area (Å²) in [5.41, 5.74) is 2.41. The maximum Gasteiger partial charge on any atom is 0.122 e. The van der Waals surface area contributed by atoms with Crippen molar-refractivity contribution in [2.75, 3.05) is 0 Å². The molecule has 3 heteroatoms. The SMILES string of the molecule is Cc1ccc(Sc2nc[nH]c2C)cc1. The molecule has 1 N–H and O–H groups in total. The molecule has 0 saturated carbocycles. The van der Waals surface area contributed by atoms with Crippen LogP contribution in [0, 0.1) is 13.8 Å². The Morgan fingerprint density at radius 1 is 1.14 bits per heavy atom. The Morgan fingerprint density at radius 3 is 2.43 bits per heavy atom. The zero-order valence-electron chi connectivity index (χ0n) is 8.24. The Kier molecular flexibility index (Phi) is 2.59. The van der Waals surface area contributed by atoms with Crippen LogP contribution >= 0.6 is 11.8 Å². The second-order valence-electron chi connectivity index (χ2n) is 3.25. The number of aryl methyl sites for hydroxylation is 2. The lowest BCUT2D eigenvalue weighted by atomic mass is 10.2. The molecule has 1 heterocycles. The number of aromatic amines is 1. The lowest BCUT2D eigenvalue weighted by molar-refractivity contribution is 1.15. The topological polar surface area (TPSA) is 28.7 Å². The van der Waals surface area contributed by atoms with Crippen molar-refractivity contribution in [3.05, 3.63) is 41.9 Å². The van der Waals surface area contributed by atoms with Gasteiger partial charge in [-0.05, 0) is 26.0 Å². The van der Waals surface area contributed by atoms with Crippen molar-refractivity contribution in [2.24, 2.45) is 0 Å². The molecule has 0 saturated heterocycles. The Morgan fingerprint density at radius 2 is 1.86 bits per heavy atom. The van der Waals surface area contributed by atoms with E-state index in [0.29, 0.717) is 0 Å². The summed E-state index contributed by atoms with van der Waals surface area (Å²) in [5, 5.41) is 1.05. The first-order chi connectivity index (χ1) is 6.75. The van der Waals surface area contributed by atoms with Crippen molar-refractivity contribution in [1.29, 1.82) is 0 Å². The van der Waals surface area contributed by atoms with Crippen molar-refractivity contribution < 1.29 is 0 Å². The zero-order chi connectivity index (χ0) is 9.97. The molecule has 0 fully saturated rings.